The number of rotatable bonds is 5. The zero-order chi connectivity index (χ0) is 11.2. The Morgan fingerprint density at radius 1 is 1.36 bits per heavy atom. The van der Waals surface area contributed by atoms with E-state index >= 15 is 0 Å². The van der Waals surface area contributed by atoms with Gasteiger partial charge in [-0.3, -0.25) is 0 Å². The van der Waals surface area contributed by atoms with E-state index in [4.69, 9.17) is 5.11 Å². The average molecular weight is 202 g/mol. The largest absolute Gasteiger partial charge is 0.396 e. The van der Waals surface area contributed by atoms with Crippen LogP contribution in [0.4, 0.5) is 4.79 Å². The van der Waals surface area contributed by atoms with Crippen molar-refractivity contribution in [2.75, 3.05) is 19.7 Å². The van der Waals surface area contributed by atoms with Crippen molar-refractivity contribution in [3.8, 4) is 0 Å². The van der Waals surface area contributed by atoms with E-state index in [0.717, 1.165) is 0 Å². The van der Waals surface area contributed by atoms with Crippen LogP contribution in [0.5, 0.6) is 0 Å². The maximum atomic E-state index is 11.6. The number of carbonyl (C=O) groups excluding carboxylic acids is 1. The third kappa shape index (κ3) is 4.46. The minimum atomic E-state index is -0.339. The number of aliphatic hydroxyl groups is 1. The van der Waals surface area contributed by atoms with Crippen molar-refractivity contribution < 1.29 is 9.90 Å². The van der Waals surface area contributed by atoms with E-state index < -0.39 is 0 Å². The van der Waals surface area contributed by atoms with E-state index in [1.165, 1.54) is 0 Å². The van der Waals surface area contributed by atoms with Crippen LogP contribution in [0.2, 0.25) is 0 Å². The van der Waals surface area contributed by atoms with Gasteiger partial charge in [-0.05, 0) is 34.1 Å². The minimum absolute atomic E-state index is 0.0616. The first-order valence-electron chi connectivity index (χ1n) is 5.14. The molecule has 0 aromatic carbocycles. The lowest BCUT2D eigenvalue weighted by Crippen LogP contribution is -2.50. The first-order valence-corrected chi connectivity index (χ1v) is 5.14. The Bertz CT molecular complexity index is 177. The highest BCUT2D eigenvalue weighted by molar-refractivity contribution is 5.74. The fourth-order valence-electron chi connectivity index (χ4n) is 1.22. The zero-order valence-corrected chi connectivity index (χ0v) is 9.63. The van der Waals surface area contributed by atoms with E-state index in [-0.39, 0.29) is 18.2 Å². The fourth-order valence-corrected chi connectivity index (χ4v) is 1.22. The van der Waals surface area contributed by atoms with Crippen LogP contribution in [-0.2, 0) is 0 Å². The monoisotopic (exact) mass is 202 g/mol. The standard InChI is InChI=1S/C10H22N2O2/c1-5-12(6-2)9(14)11-10(3,4)7-8-13/h13H,5-8H2,1-4H3,(H,11,14). The Kier molecular flexibility index (Phi) is 5.53. The zero-order valence-electron chi connectivity index (χ0n) is 9.63. The van der Waals surface area contributed by atoms with Gasteiger partial charge in [-0.25, -0.2) is 4.79 Å². The molecule has 4 heteroatoms. The highest BCUT2D eigenvalue weighted by Crippen LogP contribution is 2.07. The second-order valence-corrected chi connectivity index (χ2v) is 3.96. The molecule has 0 radical (unpaired) electrons. The van der Waals surface area contributed by atoms with E-state index in [2.05, 4.69) is 5.32 Å². The molecule has 0 saturated carbocycles. The lowest BCUT2D eigenvalue weighted by molar-refractivity contribution is 0.181. The predicted molar refractivity (Wildman–Crippen MR) is 57.2 cm³/mol. The van der Waals surface area contributed by atoms with Gasteiger partial charge in [0, 0.05) is 25.2 Å². The van der Waals surface area contributed by atoms with E-state index in [1.807, 2.05) is 27.7 Å². The first kappa shape index (κ1) is 13.2. The van der Waals surface area contributed by atoms with Gasteiger partial charge in [-0.15, -0.1) is 0 Å². The SMILES string of the molecule is CCN(CC)C(=O)NC(C)(C)CCO. The molecule has 2 amide bonds. The van der Waals surface area contributed by atoms with Crippen molar-refractivity contribution in [3.63, 3.8) is 0 Å². The molecule has 84 valence electrons. The van der Waals surface area contributed by atoms with Gasteiger partial charge in [0.25, 0.3) is 0 Å². The normalized spacial score (nSPS) is 11.2. The molecule has 0 saturated heterocycles. The van der Waals surface area contributed by atoms with Crippen molar-refractivity contribution in [2.45, 2.75) is 39.7 Å². The van der Waals surface area contributed by atoms with Gasteiger partial charge in [0.2, 0.25) is 0 Å². The second-order valence-electron chi connectivity index (χ2n) is 3.96. The maximum absolute atomic E-state index is 11.6. The molecule has 0 aliphatic rings. The molecule has 0 fully saturated rings. The van der Waals surface area contributed by atoms with Crippen molar-refractivity contribution in [3.05, 3.63) is 0 Å². The summed E-state index contributed by atoms with van der Waals surface area (Å²) >= 11 is 0. The predicted octanol–water partition coefficient (Wildman–Crippen LogP) is 1.20. The molecule has 0 heterocycles. The molecule has 0 aliphatic carbocycles. The lowest BCUT2D eigenvalue weighted by Gasteiger charge is -2.29. The molecule has 14 heavy (non-hydrogen) atoms. The summed E-state index contributed by atoms with van der Waals surface area (Å²) in [5.74, 6) is 0. The second kappa shape index (κ2) is 5.86. The molecule has 0 bridgehead atoms. The average Bonchev–Trinajstić information content (AvgIpc) is 2.04. The van der Waals surface area contributed by atoms with Crippen LogP contribution < -0.4 is 5.32 Å². The Labute approximate surface area is 86.3 Å². The maximum Gasteiger partial charge on any atom is 0.317 e. The summed E-state index contributed by atoms with van der Waals surface area (Å²) in [4.78, 5) is 13.4. The Morgan fingerprint density at radius 3 is 2.21 bits per heavy atom. The van der Waals surface area contributed by atoms with Crippen LogP contribution in [-0.4, -0.2) is 41.3 Å². The molecule has 0 unspecified atom stereocenters. The van der Waals surface area contributed by atoms with Gasteiger partial charge < -0.3 is 15.3 Å². The summed E-state index contributed by atoms with van der Waals surface area (Å²) in [6.45, 7) is 9.21. The number of hydrogen-bond acceptors (Lipinski definition) is 2. The summed E-state index contributed by atoms with van der Waals surface area (Å²) < 4.78 is 0. The summed E-state index contributed by atoms with van der Waals surface area (Å²) in [5.41, 5.74) is -0.339. The Morgan fingerprint density at radius 2 is 1.86 bits per heavy atom. The summed E-state index contributed by atoms with van der Waals surface area (Å²) in [6.07, 6.45) is 0.569. The number of amides is 2. The molecule has 0 aliphatic heterocycles. The van der Waals surface area contributed by atoms with Crippen molar-refractivity contribution >= 4 is 6.03 Å². The molecule has 0 aromatic heterocycles. The third-order valence-corrected chi connectivity index (χ3v) is 2.23. The van der Waals surface area contributed by atoms with Crippen LogP contribution in [0.25, 0.3) is 0 Å². The number of nitrogens with zero attached hydrogens (tertiary/aromatic N) is 1. The molecule has 0 aromatic rings. The number of hydrogen-bond donors (Lipinski definition) is 2. The van der Waals surface area contributed by atoms with Crippen LogP contribution >= 0.6 is 0 Å². The number of carbonyl (C=O) groups is 1. The van der Waals surface area contributed by atoms with Gasteiger partial charge in [0.1, 0.15) is 0 Å². The van der Waals surface area contributed by atoms with Gasteiger partial charge in [0.15, 0.2) is 0 Å². The number of urea groups is 1. The van der Waals surface area contributed by atoms with Crippen molar-refractivity contribution in [1.29, 1.82) is 0 Å². The summed E-state index contributed by atoms with van der Waals surface area (Å²) in [5, 5.41) is 11.7. The number of nitrogens with one attached hydrogen (secondary N) is 1. The molecule has 0 spiro atoms. The van der Waals surface area contributed by atoms with Crippen LogP contribution in [0.1, 0.15) is 34.1 Å². The highest BCUT2D eigenvalue weighted by atomic mass is 16.3. The van der Waals surface area contributed by atoms with Crippen LogP contribution in [0.3, 0.4) is 0 Å². The van der Waals surface area contributed by atoms with Gasteiger partial charge in [-0.1, -0.05) is 0 Å². The summed E-state index contributed by atoms with van der Waals surface area (Å²) in [6, 6.07) is -0.0616. The fraction of sp³-hybridized carbons (Fsp3) is 0.900. The van der Waals surface area contributed by atoms with E-state index in [0.29, 0.717) is 19.5 Å². The van der Waals surface area contributed by atoms with Crippen molar-refractivity contribution in [1.82, 2.24) is 10.2 Å². The van der Waals surface area contributed by atoms with Gasteiger partial charge >= 0.3 is 6.03 Å². The highest BCUT2D eigenvalue weighted by Gasteiger charge is 2.21. The van der Waals surface area contributed by atoms with Crippen molar-refractivity contribution in [2.24, 2.45) is 0 Å². The molecule has 0 atom stereocenters. The molecule has 4 nitrogen and oxygen atoms in total. The topological polar surface area (TPSA) is 52.6 Å². The van der Waals surface area contributed by atoms with Crippen LogP contribution in [0, 0.1) is 0 Å². The van der Waals surface area contributed by atoms with Gasteiger partial charge in [-0.2, -0.15) is 0 Å². The molecule has 0 rings (SSSR count). The molecular weight excluding hydrogens is 180 g/mol. The Balaban J connectivity index is 4.15. The first-order chi connectivity index (χ1) is 6.46. The summed E-state index contributed by atoms with van der Waals surface area (Å²) in [7, 11) is 0. The van der Waals surface area contributed by atoms with Crippen LogP contribution in [0.15, 0.2) is 0 Å². The third-order valence-electron chi connectivity index (χ3n) is 2.23. The Hall–Kier alpha value is -0.770. The lowest BCUT2D eigenvalue weighted by atomic mass is 10.0. The van der Waals surface area contributed by atoms with Gasteiger partial charge in [0.05, 0.1) is 0 Å². The molecule has 2 N–H and O–H groups in total. The number of aliphatic hydroxyl groups excluding tert-OH is 1. The minimum Gasteiger partial charge on any atom is -0.396 e. The molecular formula is C10H22N2O2. The van der Waals surface area contributed by atoms with E-state index in [9.17, 15) is 4.79 Å². The quantitative estimate of drug-likeness (QED) is 0.704. The van der Waals surface area contributed by atoms with E-state index in [1.54, 1.807) is 4.90 Å². The smallest absolute Gasteiger partial charge is 0.317 e.